The molecule has 10 nitrogen and oxygen atoms in total. The number of pyridine rings is 2. The topological polar surface area (TPSA) is 98.1 Å². The number of ether oxygens (including phenoxy) is 2. The Morgan fingerprint density at radius 3 is 1.44 bits per heavy atom. The molecule has 4 aromatic heterocycles. The number of hydrogen-bond donors (Lipinski definition) is 0. The number of methoxy groups -OCH3 is 2. The molecule has 8 rings (SSSR count). The van der Waals surface area contributed by atoms with E-state index in [1.54, 1.807) is 62.0 Å². The third kappa shape index (κ3) is 5.40. The summed E-state index contributed by atoms with van der Waals surface area (Å²) in [5, 5.41) is 1.55. The van der Waals surface area contributed by atoms with Gasteiger partial charge >= 0.3 is 11.4 Å². The average Bonchev–Trinajstić information content (AvgIpc) is 3.85. The smallest absolute Gasteiger partial charge is 0.329 e. The van der Waals surface area contributed by atoms with Crippen molar-refractivity contribution in [3.63, 3.8) is 0 Å². The lowest BCUT2D eigenvalue weighted by molar-refractivity contribution is 0.105. The molecular formula is C34H34Br2F2N6O4. The lowest BCUT2D eigenvalue weighted by Gasteiger charge is -2.13. The van der Waals surface area contributed by atoms with E-state index in [9.17, 15) is 18.4 Å². The number of aryl methyl sites for hydroxylation is 2. The van der Waals surface area contributed by atoms with Gasteiger partial charge in [-0.1, -0.05) is 0 Å². The Morgan fingerprint density at radius 2 is 1.08 bits per heavy atom. The first-order valence-corrected chi connectivity index (χ1v) is 17.4. The molecule has 0 aliphatic heterocycles. The molecule has 6 aromatic rings. The lowest BCUT2D eigenvalue weighted by Crippen LogP contribution is -2.25. The summed E-state index contributed by atoms with van der Waals surface area (Å²) in [4.78, 5) is 34.3. The standard InChI is InChI=1S/2C17H17BrFN3O2/c2*1-21-15-8-20-14-7-13(19)12(18)6-11(14)16(15)22(17(21)23)9-3-4-10(5-9)24-2/h2*6-10H,3-5H2,1-2H3/t2*9-,10-/m10/s1. The molecule has 2 aromatic carbocycles. The van der Waals surface area contributed by atoms with E-state index in [2.05, 4.69) is 41.8 Å². The summed E-state index contributed by atoms with van der Waals surface area (Å²) in [5.74, 6) is -0.723. The third-order valence-corrected chi connectivity index (χ3v) is 11.2. The molecule has 0 spiro atoms. The Morgan fingerprint density at radius 1 is 0.688 bits per heavy atom. The van der Waals surface area contributed by atoms with Gasteiger partial charge in [-0.15, -0.1) is 0 Å². The number of benzene rings is 2. The number of hydrogen-bond acceptors (Lipinski definition) is 6. The van der Waals surface area contributed by atoms with Crippen molar-refractivity contribution in [2.45, 2.75) is 62.8 Å². The van der Waals surface area contributed by atoms with Crippen molar-refractivity contribution >= 4 is 75.7 Å². The van der Waals surface area contributed by atoms with E-state index in [1.165, 1.54) is 12.1 Å². The first kappa shape index (κ1) is 33.1. The molecule has 48 heavy (non-hydrogen) atoms. The molecule has 0 amide bonds. The molecule has 2 fully saturated rings. The second-order valence-corrected chi connectivity index (χ2v) is 14.3. The number of nitrogens with zero attached hydrogens (tertiary/aromatic N) is 6. The van der Waals surface area contributed by atoms with Crippen LogP contribution in [0.1, 0.15) is 50.6 Å². The minimum atomic E-state index is -0.362. The molecule has 0 bridgehead atoms. The molecule has 14 heteroatoms. The van der Waals surface area contributed by atoms with Crippen LogP contribution in [-0.2, 0) is 23.6 Å². The van der Waals surface area contributed by atoms with Crippen molar-refractivity contribution in [1.82, 2.24) is 28.2 Å². The second kappa shape index (κ2) is 12.8. The fourth-order valence-electron chi connectivity index (χ4n) is 7.45. The summed E-state index contributed by atoms with van der Waals surface area (Å²) in [7, 11) is 6.91. The van der Waals surface area contributed by atoms with Gasteiger partial charge in [0.05, 0.1) is 66.6 Å². The molecule has 2 saturated carbocycles. The highest BCUT2D eigenvalue weighted by Crippen LogP contribution is 2.37. The Labute approximate surface area is 290 Å². The Kier molecular flexibility index (Phi) is 8.80. The summed E-state index contributed by atoms with van der Waals surface area (Å²) in [6, 6.07) is 6.37. The summed E-state index contributed by atoms with van der Waals surface area (Å²) >= 11 is 6.48. The predicted molar refractivity (Wildman–Crippen MR) is 188 cm³/mol. The normalized spacial score (nSPS) is 21.2. The van der Waals surface area contributed by atoms with Crippen LogP contribution in [0.15, 0.2) is 55.2 Å². The molecule has 0 N–H and O–H groups in total. The summed E-state index contributed by atoms with van der Waals surface area (Å²) < 4.78 is 46.2. The van der Waals surface area contributed by atoms with Crippen LogP contribution in [0.25, 0.3) is 43.9 Å². The zero-order valence-corrected chi connectivity index (χ0v) is 30.0. The van der Waals surface area contributed by atoms with Gasteiger partial charge in [0.25, 0.3) is 0 Å². The molecule has 0 radical (unpaired) electrons. The van der Waals surface area contributed by atoms with Crippen LogP contribution >= 0.6 is 31.9 Å². The van der Waals surface area contributed by atoms with Crippen molar-refractivity contribution in [2.24, 2.45) is 14.1 Å². The molecule has 252 valence electrons. The summed E-state index contributed by atoms with van der Waals surface area (Å²) in [6.45, 7) is 0. The van der Waals surface area contributed by atoms with Gasteiger partial charge in [0.2, 0.25) is 0 Å². The SMILES string of the molecule is CO[C@@H]1CC[C@@H](n2c(=O)n(C)c3cnc4cc(F)c(Br)cc4c32)C1.CO[C@H]1CC[C@H](n2c(=O)n(C)c3cnc4cc(F)c(Br)cc4c32)C1. The van der Waals surface area contributed by atoms with E-state index >= 15 is 0 Å². The number of aromatic nitrogens is 6. The van der Waals surface area contributed by atoms with Crippen LogP contribution in [0.3, 0.4) is 0 Å². The highest BCUT2D eigenvalue weighted by Gasteiger charge is 2.31. The van der Waals surface area contributed by atoms with E-state index in [4.69, 9.17) is 9.47 Å². The monoisotopic (exact) mass is 786 g/mol. The Hall–Kier alpha value is -3.46. The first-order chi connectivity index (χ1) is 23.0. The molecule has 0 unspecified atom stereocenters. The van der Waals surface area contributed by atoms with Crippen LogP contribution in [0, 0.1) is 11.6 Å². The van der Waals surface area contributed by atoms with Gasteiger partial charge in [-0.25, -0.2) is 18.4 Å². The molecule has 2 aliphatic rings. The Balaban J connectivity index is 0.000000152. The fourth-order valence-corrected chi connectivity index (χ4v) is 8.14. The van der Waals surface area contributed by atoms with Crippen LogP contribution in [0.5, 0.6) is 0 Å². The van der Waals surface area contributed by atoms with Crippen molar-refractivity contribution in [2.75, 3.05) is 14.2 Å². The van der Waals surface area contributed by atoms with Gasteiger partial charge < -0.3 is 9.47 Å². The van der Waals surface area contributed by atoms with Crippen molar-refractivity contribution in [3.8, 4) is 0 Å². The highest BCUT2D eigenvalue weighted by molar-refractivity contribution is 9.10. The maximum atomic E-state index is 13.9. The van der Waals surface area contributed by atoms with Gasteiger partial charge in [0.15, 0.2) is 0 Å². The van der Waals surface area contributed by atoms with Crippen LogP contribution in [0.2, 0.25) is 0 Å². The lowest BCUT2D eigenvalue weighted by atomic mass is 10.1. The number of imidazole rings is 2. The van der Waals surface area contributed by atoms with E-state index < -0.39 is 0 Å². The van der Waals surface area contributed by atoms with Crippen molar-refractivity contribution < 1.29 is 18.3 Å². The van der Waals surface area contributed by atoms with Crippen molar-refractivity contribution in [1.29, 1.82) is 0 Å². The number of rotatable bonds is 4. The zero-order chi connectivity index (χ0) is 34.0. The highest BCUT2D eigenvalue weighted by atomic mass is 79.9. The third-order valence-electron chi connectivity index (χ3n) is 10.0. The van der Waals surface area contributed by atoms with Crippen LogP contribution < -0.4 is 11.4 Å². The largest absolute Gasteiger partial charge is 0.381 e. The minimum Gasteiger partial charge on any atom is -0.381 e. The summed E-state index contributed by atoms with van der Waals surface area (Å²) in [6.07, 6.45) is 8.91. The summed E-state index contributed by atoms with van der Waals surface area (Å²) in [5.41, 5.74) is 4.10. The second-order valence-electron chi connectivity index (χ2n) is 12.6. The van der Waals surface area contributed by atoms with Gasteiger partial charge in [0, 0.05) is 63.3 Å². The molecule has 4 atom stereocenters. The average molecular weight is 788 g/mol. The molecule has 2 aliphatic carbocycles. The van der Waals surface area contributed by atoms with Gasteiger partial charge in [-0.2, -0.15) is 0 Å². The van der Waals surface area contributed by atoms with Gasteiger partial charge in [-0.3, -0.25) is 28.2 Å². The number of fused-ring (bicyclic) bond motifs is 6. The molecule has 0 saturated heterocycles. The van der Waals surface area contributed by atoms with Crippen LogP contribution in [0.4, 0.5) is 8.78 Å². The maximum Gasteiger partial charge on any atom is 0.329 e. The Bertz CT molecular complexity index is 2190. The molecular weight excluding hydrogens is 754 g/mol. The number of halogens is 4. The zero-order valence-electron chi connectivity index (χ0n) is 26.8. The quantitative estimate of drug-likeness (QED) is 0.190. The predicted octanol–water partition coefficient (Wildman–Crippen LogP) is 7.06. The van der Waals surface area contributed by atoms with E-state index in [0.717, 1.165) is 71.4 Å². The fraction of sp³-hybridized carbons (Fsp3) is 0.412. The van der Waals surface area contributed by atoms with E-state index in [-0.39, 0.29) is 47.3 Å². The maximum absolute atomic E-state index is 13.9. The van der Waals surface area contributed by atoms with E-state index in [0.29, 0.717) is 20.0 Å². The van der Waals surface area contributed by atoms with E-state index in [1.807, 2.05) is 9.13 Å². The minimum absolute atomic E-state index is 0.0681. The van der Waals surface area contributed by atoms with Gasteiger partial charge in [0.1, 0.15) is 11.6 Å². The first-order valence-electron chi connectivity index (χ1n) is 15.8. The van der Waals surface area contributed by atoms with Crippen molar-refractivity contribution in [3.05, 3.63) is 78.2 Å². The molecule has 4 heterocycles. The van der Waals surface area contributed by atoms with Gasteiger partial charge in [-0.05, 0) is 82.5 Å². The van der Waals surface area contributed by atoms with Crippen LogP contribution in [-0.4, -0.2) is 54.7 Å².